The van der Waals surface area contributed by atoms with Gasteiger partial charge in [0, 0.05) is 36.0 Å². The first-order valence-electron chi connectivity index (χ1n) is 4.21. The zero-order valence-electron chi connectivity index (χ0n) is 8.44. The van der Waals surface area contributed by atoms with Crippen LogP contribution >= 0.6 is 10.7 Å². The van der Waals surface area contributed by atoms with Crippen molar-refractivity contribution >= 4 is 25.4 Å². The number of hydrogen-bond acceptors (Lipinski definition) is 4. The zero-order chi connectivity index (χ0) is 11.6. The number of rotatable bonds is 3. The Hall–Kier alpha value is -0.940. The maximum Gasteiger partial charge on any atom is 0.236 e. The van der Waals surface area contributed by atoms with Crippen LogP contribution in [0.1, 0.15) is 5.56 Å². The quantitative estimate of drug-likeness (QED) is 0.826. The lowest BCUT2D eigenvalue weighted by Crippen LogP contribution is -2.09. The minimum atomic E-state index is -3.65. The minimum absolute atomic E-state index is 0.0650. The molecule has 6 heteroatoms. The summed E-state index contributed by atoms with van der Waals surface area (Å²) in [5.41, 5.74) is 1.11. The van der Waals surface area contributed by atoms with Crippen LogP contribution in [-0.2, 0) is 14.8 Å². The van der Waals surface area contributed by atoms with Crippen LogP contribution in [0.5, 0.6) is 5.75 Å². The number of anilines is 1. The van der Waals surface area contributed by atoms with Gasteiger partial charge >= 0.3 is 0 Å². The standard InChI is InChI=1S/C9H12ClNO3S/c1-11(2)8-3-4-9(12)7(5-8)6-15(10,13)14/h3-5,12H,6H2,1-2H3. The van der Waals surface area contributed by atoms with Crippen LogP contribution < -0.4 is 4.90 Å². The molecule has 1 rings (SSSR count). The molecule has 0 saturated heterocycles. The predicted molar refractivity (Wildman–Crippen MR) is 60.9 cm³/mol. The summed E-state index contributed by atoms with van der Waals surface area (Å²) in [6.45, 7) is 0. The summed E-state index contributed by atoms with van der Waals surface area (Å²) in [7, 11) is 5.12. The Labute approximate surface area is 93.5 Å². The first-order chi connectivity index (χ1) is 6.79. The molecule has 84 valence electrons. The third-order valence-electron chi connectivity index (χ3n) is 1.91. The highest BCUT2D eigenvalue weighted by Crippen LogP contribution is 2.25. The molecule has 0 saturated carbocycles. The number of halogens is 1. The summed E-state index contributed by atoms with van der Waals surface area (Å²) in [5.74, 6) is -0.438. The Kier molecular flexibility index (Phi) is 3.46. The molecular formula is C9H12ClNO3S. The topological polar surface area (TPSA) is 57.6 Å². The van der Waals surface area contributed by atoms with E-state index in [-0.39, 0.29) is 11.5 Å². The SMILES string of the molecule is CN(C)c1ccc(O)c(CS(=O)(=O)Cl)c1. The van der Waals surface area contributed by atoms with Crippen molar-refractivity contribution in [1.29, 1.82) is 0 Å². The molecule has 4 nitrogen and oxygen atoms in total. The Morgan fingerprint density at radius 3 is 2.47 bits per heavy atom. The summed E-state index contributed by atoms with van der Waals surface area (Å²) in [5, 5.41) is 9.44. The van der Waals surface area contributed by atoms with E-state index in [1.807, 2.05) is 19.0 Å². The molecule has 15 heavy (non-hydrogen) atoms. The van der Waals surface area contributed by atoms with Crippen molar-refractivity contribution in [2.45, 2.75) is 5.75 Å². The van der Waals surface area contributed by atoms with Gasteiger partial charge in [-0.25, -0.2) is 8.42 Å². The van der Waals surface area contributed by atoms with E-state index < -0.39 is 9.05 Å². The van der Waals surface area contributed by atoms with Crippen LogP contribution in [0.15, 0.2) is 18.2 Å². The number of aromatic hydroxyl groups is 1. The normalized spacial score (nSPS) is 11.4. The van der Waals surface area contributed by atoms with E-state index in [1.54, 1.807) is 12.1 Å². The molecule has 0 heterocycles. The van der Waals surface area contributed by atoms with Crippen molar-refractivity contribution in [1.82, 2.24) is 0 Å². The lowest BCUT2D eigenvalue weighted by Gasteiger charge is -2.14. The molecule has 0 bridgehead atoms. The lowest BCUT2D eigenvalue weighted by atomic mass is 10.2. The van der Waals surface area contributed by atoms with E-state index in [2.05, 4.69) is 0 Å². The average molecular weight is 250 g/mol. The highest BCUT2D eigenvalue weighted by molar-refractivity contribution is 8.13. The molecule has 1 N–H and O–H groups in total. The molecule has 0 aliphatic rings. The molecule has 0 unspecified atom stereocenters. The maximum atomic E-state index is 10.9. The summed E-state index contributed by atoms with van der Waals surface area (Å²) >= 11 is 0. The molecule has 0 aliphatic heterocycles. The minimum Gasteiger partial charge on any atom is -0.508 e. The van der Waals surface area contributed by atoms with Crippen molar-refractivity contribution in [3.8, 4) is 5.75 Å². The second kappa shape index (κ2) is 4.28. The van der Waals surface area contributed by atoms with Gasteiger partial charge in [-0.05, 0) is 18.2 Å². The van der Waals surface area contributed by atoms with Gasteiger partial charge < -0.3 is 10.0 Å². The zero-order valence-corrected chi connectivity index (χ0v) is 10.0. The summed E-state index contributed by atoms with van der Waals surface area (Å²) in [4.78, 5) is 1.81. The monoisotopic (exact) mass is 249 g/mol. The van der Waals surface area contributed by atoms with E-state index >= 15 is 0 Å². The predicted octanol–water partition coefficient (Wildman–Crippen LogP) is 1.53. The Morgan fingerprint density at radius 2 is 2.00 bits per heavy atom. The van der Waals surface area contributed by atoms with Crippen LogP contribution in [-0.4, -0.2) is 27.6 Å². The molecule has 0 amide bonds. The number of hydrogen-bond donors (Lipinski definition) is 1. The highest BCUT2D eigenvalue weighted by Gasteiger charge is 2.12. The maximum absolute atomic E-state index is 10.9. The van der Waals surface area contributed by atoms with Crippen molar-refractivity contribution in [2.24, 2.45) is 0 Å². The molecule has 0 radical (unpaired) electrons. The van der Waals surface area contributed by atoms with Crippen molar-refractivity contribution in [2.75, 3.05) is 19.0 Å². The summed E-state index contributed by atoms with van der Waals surface area (Å²) in [6, 6.07) is 4.74. The van der Waals surface area contributed by atoms with Crippen molar-refractivity contribution in [3.05, 3.63) is 23.8 Å². The van der Waals surface area contributed by atoms with E-state index in [0.717, 1.165) is 5.69 Å². The largest absolute Gasteiger partial charge is 0.508 e. The number of phenolic OH excluding ortho intramolecular Hbond substituents is 1. The molecule has 0 atom stereocenters. The first-order valence-corrected chi connectivity index (χ1v) is 6.69. The molecule has 0 aromatic heterocycles. The van der Waals surface area contributed by atoms with Crippen LogP contribution in [0.2, 0.25) is 0 Å². The fourth-order valence-corrected chi connectivity index (χ4v) is 2.11. The second-order valence-electron chi connectivity index (χ2n) is 3.39. The van der Waals surface area contributed by atoms with E-state index in [1.165, 1.54) is 6.07 Å². The van der Waals surface area contributed by atoms with Gasteiger partial charge in [0.25, 0.3) is 0 Å². The van der Waals surface area contributed by atoms with Crippen LogP contribution in [0.4, 0.5) is 5.69 Å². The molecular weight excluding hydrogens is 238 g/mol. The van der Waals surface area contributed by atoms with Gasteiger partial charge in [0.05, 0.1) is 5.75 Å². The lowest BCUT2D eigenvalue weighted by molar-refractivity contribution is 0.470. The van der Waals surface area contributed by atoms with Gasteiger partial charge in [0.15, 0.2) is 0 Å². The Morgan fingerprint density at radius 1 is 1.40 bits per heavy atom. The smallest absolute Gasteiger partial charge is 0.236 e. The van der Waals surface area contributed by atoms with Crippen molar-refractivity contribution in [3.63, 3.8) is 0 Å². The molecule has 1 aromatic carbocycles. The van der Waals surface area contributed by atoms with Gasteiger partial charge in [-0.1, -0.05) is 0 Å². The van der Waals surface area contributed by atoms with Crippen LogP contribution in [0.25, 0.3) is 0 Å². The summed E-state index contributed by atoms with van der Waals surface area (Å²) in [6.07, 6.45) is 0. The molecule has 0 fully saturated rings. The van der Waals surface area contributed by atoms with Gasteiger partial charge in [-0.15, -0.1) is 0 Å². The van der Waals surface area contributed by atoms with E-state index in [4.69, 9.17) is 10.7 Å². The average Bonchev–Trinajstić information content (AvgIpc) is 2.06. The second-order valence-corrected chi connectivity index (χ2v) is 6.17. The van der Waals surface area contributed by atoms with Gasteiger partial charge in [0.1, 0.15) is 5.75 Å². The van der Waals surface area contributed by atoms with Gasteiger partial charge in [0.2, 0.25) is 9.05 Å². The Bertz CT molecular complexity index is 456. The number of nitrogens with zero attached hydrogens (tertiary/aromatic N) is 1. The fraction of sp³-hybridized carbons (Fsp3) is 0.333. The van der Waals surface area contributed by atoms with Crippen LogP contribution in [0, 0.1) is 0 Å². The fourth-order valence-electron chi connectivity index (χ4n) is 1.15. The first kappa shape index (κ1) is 12.1. The molecule has 1 aromatic rings. The van der Waals surface area contributed by atoms with E-state index in [9.17, 15) is 13.5 Å². The molecule has 0 spiro atoms. The van der Waals surface area contributed by atoms with Gasteiger partial charge in [-0.3, -0.25) is 0 Å². The van der Waals surface area contributed by atoms with Crippen molar-refractivity contribution < 1.29 is 13.5 Å². The van der Waals surface area contributed by atoms with Crippen LogP contribution in [0.3, 0.4) is 0 Å². The number of benzene rings is 1. The third-order valence-corrected chi connectivity index (χ3v) is 2.89. The third kappa shape index (κ3) is 3.60. The highest BCUT2D eigenvalue weighted by atomic mass is 35.7. The van der Waals surface area contributed by atoms with Gasteiger partial charge in [-0.2, -0.15) is 0 Å². The van der Waals surface area contributed by atoms with E-state index in [0.29, 0.717) is 5.56 Å². The molecule has 0 aliphatic carbocycles. The number of phenols is 1. The summed E-state index contributed by atoms with van der Waals surface area (Å²) < 4.78 is 21.7. The Balaban J connectivity index is 3.11.